The number of halogens is 1. The number of nitrogens with zero attached hydrogens (tertiary/aromatic N) is 1. The van der Waals surface area contributed by atoms with Gasteiger partial charge in [0.05, 0.1) is 11.5 Å². The number of nitrogens with one attached hydrogen (secondary N) is 1. The minimum Gasteiger partial charge on any atom is -0.353 e. The second-order valence-electron chi connectivity index (χ2n) is 7.08. The van der Waals surface area contributed by atoms with Gasteiger partial charge in [-0.25, -0.2) is 0 Å². The summed E-state index contributed by atoms with van der Waals surface area (Å²) in [4.78, 5) is 16.9. The molecule has 0 bridgehead atoms. The minimum absolute atomic E-state index is 0.186. The lowest BCUT2D eigenvalue weighted by molar-refractivity contribution is -0.123. The van der Waals surface area contributed by atoms with E-state index in [1.807, 2.05) is 12.1 Å². The Balaban J connectivity index is 1.46. The Kier molecular flexibility index (Phi) is 4.98. The van der Waals surface area contributed by atoms with Crippen molar-refractivity contribution >= 4 is 33.2 Å². The fourth-order valence-electron chi connectivity index (χ4n) is 3.86. The van der Waals surface area contributed by atoms with Crippen molar-refractivity contribution in [3.8, 4) is 0 Å². The number of carbonyl (C=O) groups is 1. The molecule has 2 heterocycles. The summed E-state index contributed by atoms with van der Waals surface area (Å²) in [5, 5.41) is 5.41. The topological polar surface area (TPSA) is 32.3 Å². The molecule has 1 saturated heterocycles. The van der Waals surface area contributed by atoms with E-state index in [4.69, 9.17) is 0 Å². The van der Waals surface area contributed by atoms with E-state index in [-0.39, 0.29) is 11.3 Å². The van der Waals surface area contributed by atoms with Crippen LogP contribution >= 0.6 is 27.3 Å². The van der Waals surface area contributed by atoms with Gasteiger partial charge in [-0.3, -0.25) is 9.69 Å². The second-order valence-corrected chi connectivity index (χ2v) is 8.97. The molecule has 2 fully saturated rings. The first-order valence-electron chi connectivity index (χ1n) is 9.01. The Morgan fingerprint density at radius 1 is 1.24 bits per heavy atom. The number of benzene rings is 1. The van der Waals surface area contributed by atoms with Gasteiger partial charge in [0.2, 0.25) is 5.91 Å². The van der Waals surface area contributed by atoms with Gasteiger partial charge in [0.25, 0.3) is 0 Å². The first kappa shape index (κ1) is 17.3. The van der Waals surface area contributed by atoms with Crippen LogP contribution in [-0.4, -0.2) is 30.4 Å². The fourth-order valence-corrected chi connectivity index (χ4v) is 5.12. The van der Waals surface area contributed by atoms with Gasteiger partial charge in [-0.1, -0.05) is 34.1 Å². The van der Waals surface area contributed by atoms with Gasteiger partial charge in [-0.05, 0) is 67.9 Å². The molecule has 1 amide bonds. The van der Waals surface area contributed by atoms with Crippen LogP contribution in [-0.2, 0) is 10.2 Å². The molecule has 1 unspecified atom stereocenters. The van der Waals surface area contributed by atoms with E-state index < -0.39 is 0 Å². The van der Waals surface area contributed by atoms with Crippen LogP contribution in [0.4, 0.5) is 0 Å². The first-order valence-corrected chi connectivity index (χ1v) is 10.7. The quantitative estimate of drug-likeness (QED) is 0.748. The summed E-state index contributed by atoms with van der Waals surface area (Å²) in [6.07, 6.45) is 4.42. The molecule has 3 nitrogen and oxygen atoms in total. The number of hydrogen-bond acceptors (Lipinski definition) is 3. The van der Waals surface area contributed by atoms with Gasteiger partial charge in [0.15, 0.2) is 0 Å². The molecule has 0 spiro atoms. The van der Waals surface area contributed by atoms with Crippen LogP contribution in [0.2, 0.25) is 0 Å². The lowest BCUT2D eigenvalue weighted by Crippen LogP contribution is -2.41. The Morgan fingerprint density at radius 2 is 2.04 bits per heavy atom. The van der Waals surface area contributed by atoms with Crippen molar-refractivity contribution in [3.05, 3.63) is 56.7 Å². The second kappa shape index (κ2) is 7.22. The fraction of sp³-hybridized carbons (Fsp3) is 0.450. The van der Waals surface area contributed by atoms with Gasteiger partial charge in [-0.15, -0.1) is 11.3 Å². The molecule has 1 aromatic heterocycles. The Hall–Kier alpha value is -1.17. The number of rotatable bonds is 6. The van der Waals surface area contributed by atoms with Crippen molar-refractivity contribution in [1.29, 1.82) is 0 Å². The van der Waals surface area contributed by atoms with Gasteiger partial charge in [0, 0.05) is 15.9 Å². The molecule has 1 aliphatic carbocycles. The molecule has 25 heavy (non-hydrogen) atoms. The monoisotopic (exact) mass is 418 g/mol. The van der Waals surface area contributed by atoms with Crippen molar-refractivity contribution in [2.75, 3.05) is 19.6 Å². The third-order valence-electron chi connectivity index (χ3n) is 5.47. The van der Waals surface area contributed by atoms with Crippen LogP contribution in [0.1, 0.15) is 42.2 Å². The van der Waals surface area contributed by atoms with E-state index in [9.17, 15) is 4.79 Å². The van der Waals surface area contributed by atoms with E-state index in [1.165, 1.54) is 17.7 Å². The molecule has 5 heteroatoms. The summed E-state index contributed by atoms with van der Waals surface area (Å²) >= 11 is 5.32. The number of carbonyl (C=O) groups excluding carboxylic acids is 1. The summed E-state index contributed by atoms with van der Waals surface area (Å²) in [5.41, 5.74) is 0.822. The smallest absolute Gasteiger partial charge is 0.230 e. The van der Waals surface area contributed by atoms with Crippen molar-refractivity contribution in [2.24, 2.45) is 0 Å². The zero-order valence-corrected chi connectivity index (χ0v) is 16.6. The van der Waals surface area contributed by atoms with E-state index in [0.717, 1.165) is 36.0 Å². The summed E-state index contributed by atoms with van der Waals surface area (Å²) in [6, 6.07) is 12.8. The molecular weight excluding hydrogens is 396 g/mol. The summed E-state index contributed by atoms with van der Waals surface area (Å²) in [7, 11) is 0. The van der Waals surface area contributed by atoms with E-state index >= 15 is 0 Å². The Bertz CT molecular complexity index is 736. The van der Waals surface area contributed by atoms with Crippen LogP contribution < -0.4 is 5.32 Å². The maximum absolute atomic E-state index is 13.0. The SMILES string of the molecule is O=C(NCC(c1cccs1)N1CCCC1)C1(c2cccc(Br)c2)CC1. The summed E-state index contributed by atoms with van der Waals surface area (Å²) < 4.78 is 1.04. The number of thiophene rings is 1. The zero-order valence-electron chi connectivity index (χ0n) is 14.2. The third-order valence-corrected chi connectivity index (χ3v) is 6.94. The average molecular weight is 419 g/mol. The Morgan fingerprint density at radius 3 is 2.68 bits per heavy atom. The maximum Gasteiger partial charge on any atom is 0.230 e. The molecule has 1 N–H and O–H groups in total. The number of likely N-dealkylation sites (tertiary alicyclic amines) is 1. The molecule has 4 rings (SSSR count). The average Bonchev–Trinajstić information content (AvgIpc) is 3.01. The van der Waals surface area contributed by atoms with Crippen molar-refractivity contribution in [2.45, 2.75) is 37.1 Å². The zero-order chi connectivity index (χ0) is 17.3. The highest BCUT2D eigenvalue weighted by Gasteiger charge is 2.51. The number of hydrogen-bond donors (Lipinski definition) is 1. The summed E-state index contributed by atoms with van der Waals surface area (Å²) in [6.45, 7) is 2.97. The predicted octanol–water partition coefficient (Wildman–Crippen LogP) is 4.50. The van der Waals surface area contributed by atoms with Gasteiger partial charge >= 0.3 is 0 Å². The molecule has 132 valence electrons. The molecule has 2 aliphatic rings. The molecule has 1 saturated carbocycles. The van der Waals surface area contributed by atoms with Gasteiger partial charge < -0.3 is 5.32 Å². The predicted molar refractivity (Wildman–Crippen MR) is 106 cm³/mol. The lowest BCUT2D eigenvalue weighted by Gasteiger charge is -2.28. The summed E-state index contributed by atoms with van der Waals surface area (Å²) in [5.74, 6) is 0.186. The normalized spacial score (nSPS) is 20.4. The first-order chi connectivity index (χ1) is 12.2. The van der Waals surface area contributed by atoms with Gasteiger partial charge in [0.1, 0.15) is 0 Å². The van der Waals surface area contributed by atoms with Crippen molar-refractivity contribution in [1.82, 2.24) is 10.2 Å². The van der Waals surface area contributed by atoms with E-state index in [1.54, 1.807) is 11.3 Å². The molecule has 1 aliphatic heterocycles. The minimum atomic E-state index is -0.311. The van der Waals surface area contributed by atoms with Crippen LogP contribution in [0.3, 0.4) is 0 Å². The molecule has 2 aromatic rings. The van der Waals surface area contributed by atoms with Crippen LogP contribution in [0.15, 0.2) is 46.3 Å². The van der Waals surface area contributed by atoms with Crippen LogP contribution in [0, 0.1) is 0 Å². The van der Waals surface area contributed by atoms with E-state index in [2.05, 4.69) is 55.8 Å². The van der Waals surface area contributed by atoms with Crippen LogP contribution in [0.5, 0.6) is 0 Å². The molecule has 0 radical (unpaired) electrons. The third kappa shape index (κ3) is 3.55. The largest absolute Gasteiger partial charge is 0.353 e. The van der Waals surface area contributed by atoms with Crippen molar-refractivity contribution in [3.63, 3.8) is 0 Å². The van der Waals surface area contributed by atoms with Gasteiger partial charge in [-0.2, -0.15) is 0 Å². The highest BCUT2D eigenvalue weighted by atomic mass is 79.9. The standard InChI is InChI=1S/C20H23BrN2OS/c21-16-6-3-5-15(13-16)20(8-9-20)19(24)22-14-17(18-7-4-12-25-18)23-10-1-2-11-23/h3-7,12-13,17H,1-2,8-11,14H2,(H,22,24). The van der Waals surface area contributed by atoms with Crippen LogP contribution in [0.25, 0.3) is 0 Å². The Labute approximate surface area is 161 Å². The number of amides is 1. The highest BCUT2D eigenvalue weighted by Crippen LogP contribution is 2.49. The molecule has 1 atom stereocenters. The van der Waals surface area contributed by atoms with Crippen molar-refractivity contribution < 1.29 is 4.79 Å². The molecule has 1 aromatic carbocycles. The highest BCUT2D eigenvalue weighted by molar-refractivity contribution is 9.10. The van der Waals surface area contributed by atoms with E-state index in [0.29, 0.717) is 12.6 Å². The lowest BCUT2D eigenvalue weighted by atomic mass is 9.95. The maximum atomic E-state index is 13.0. The molecular formula is C20H23BrN2OS.